The minimum atomic E-state index is 0.317. The van der Waals surface area contributed by atoms with Crippen LogP contribution in [0.4, 0.5) is 0 Å². The number of aromatic nitrogens is 2. The van der Waals surface area contributed by atoms with Gasteiger partial charge in [0.25, 0.3) is 0 Å². The lowest BCUT2D eigenvalue weighted by Crippen LogP contribution is -2.22. The van der Waals surface area contributed by atoms with Crippen molar-refractivity contribution in [2.75, 3.05) is 6.54 Å². The van der Waals surface area contributed by atoms with Crippen molar-refractivity contribution in [3.8, 4) is 0 Å². The Morgan fingerprint density at radius 2 is 1.85 bits per heavy atom. The number of nitrogens with zero attached hydrogens (tertiary/aromatic N) is 2. The van der Waals surface area contributed by atoms with Crippen LogP contribution in [-0.4, -0.2) is 16.5 Å². The van der Waals surface area contributed by atoms with E-state index in [1.165, 1.54) is 16.7 Å². The van der Waals surface area contributed by atoms with Crippen molar-refractivity contribution in [3.63, 3.8) is 0 Å². The van der Waals surface area contributed by atoms with Crippen LogP contribution in [0.15, 0.2) is 24.3 Å². The highest BCUT2D eigenvalue weighted by Crippen LogP contribution is 2.38. The number of rotatable bonds is 3. The van der Waals surface area contributed by atoms with Crippen molar-refractivity contribution in [3.05, 3.63) is 58.2 Å². The van der Waals surface area contributed by atoms with Crippen LogP contribution in [-0.2, 0) is 6.42 Å². The van der Waals surface area contributed by atoms with E-state index >= 15 is 0 Å². The average Bonchev–Trinajstić information content (AvgIpc) is 2.39. The number of benzene rings is 1. The molecule has 1 aromatic heterocycles. The Morgan fingerprint density at radius 3 is 2.45 bits per heavy atom. The SMILES string of the molecule is Cc1nc(C2Cc3ccccc32)nc(C)c1C(C)CN. The summed E-state index contributed by atoms with van der Waals surface area (Å²) in [6.45, 7) is 6.92. The molecule has 1 aliphatic carbocycles. The Labute approximate surface area is 120 Å². The van der Waals surface area contributed by atoms with Gasteiger partial charge in [0.2, 0.25) is 0 Å². The van der Waals surface area contributed by atoms with Gasteiger partial charge in [-0.2, -0.15) is 0 Å². The maximum atomic E-state index is 5.78. The van der Waals surface area contributed by atoms with E-state index in [0.29, 0.717) is 18.4 Å². The molecule has 2 unspecified atom stereocenters. The first-order valence-corrected chi connectivity index (χ1v) is 7.24. The predicted molar refractivity (Wildman–Crippen MR) is 81.0 cm³/mol. The van der Waals surface area contributed by atoms with E-state index in [2.05, 4.69) is 45.0 Å². The van der Waals surface area contributed by atoms with Gasteiger partial charge in [-0.3, -0.25) is 0 Å². The number of fused-ring (bicyclic) bond motifs is 1. The zero-order valence-electron chi connectivity index (χ0n) is 12.4. The molecule has 0 fully saturated rings. The van der Waals surface area contributed by atoms with Crippen molar-refractivity contribution in [2.24, 2.45) is 5.73 Å². The third-order valence-electron chi connectivity index (χ3n) is 4.36. The highest BCUT2D eigenvalue weighted by molar-refractivity contribution is 5.44. The van der Waals surface area contributed by atoms with Crippen LogP contribution in [0.3, 0.4) is 0 Å². The van der Waals surface area contributed by atoms with Crippen molar-refractivity contribution in [2.45, 2.75) is 39.0 Å². The van der Waals surface area contributed by atoms with Gasteiger partial charge in [0.15, 0.2) is 0 Å². The molecule has 3 rings (SSSR count). The van der Waals surface area contributed by atoms with E-state index in [9.17, 15) is 0 Å². The average molecular weight is 267 g/mol. The number of hydrogen-bond donors (Lipinski definition) is 1. The highest BCUT2D eigenvalue weighted by atomic mass is 14.9. The topological polar surface area (TPSA) is 51.8 Å². The summed E-state index contributed by atoms with van der Waals surface area (Å²) in [6.07, 6.45) is 1.06. The molecular formula is C17H21N3. The molecule has 3 nitrogen and oxygen atoms in total. The molecule has 1 aliphatic rings. The molecular weight excluding hydrogens is 246 g/mol. The first-order chi connectivity index (χ1) is 9.61. The molecule has 0 radical (unpaired) electrons. The van der Waals surface area contributed by atoms with Crippen LogP contribution in [0.1, 0.15) is 52.7 Å². The minimum Gasteiger partial charge on any atom is -0.330 e. The Hall–Kier alpha value is -1.74. The van der Waals surface area contributed by atoms with Crippen molar-refractivity contribution >= 4 is 0 Å². The molecule has 0 saturated carbocycles. The van der Waals surface area contributed by atoms with Crippen molar-refractivity contribution in [1.82, 2.24) is 9.97 Å². The summed E-state index contributed by atoms with van der Waals surface area (Å²) in [5.74, 6) is 1.65. The van der Waals surface area contributed by atoms with Gasteiger partial charge in [-0.25, -0.2) is 9.97 Å². The van der Waals surface area contributed by atoms with E-state index in [0.717, 1.165) is 23.6 Å². The molecule has 1 heterocycles. The second-order valence-electron chi connectivity index (χ2n) is 5.76. The van der Waals surface area contributed by atoms with Crippen LogP contribution in [0.2, 0.25) is 0 Å². The summed E-state index contributed by atoms with van der Waals surface area (Å²) in [4.78, 5) is 9.51. The normalized spacial score (nSPS) is 18.3. The van der Waals surface area contributed by atoms with E-state index < -0.39 is 0 Å². The minimum absolute atomic E-state index is 0.317. The fourth-order valence-corrected chi connectivity index (χ4v) is 3.23. The lowest BCUT2D eigenvalue weighted by atomic mass is 9.77. The van der Waals surface area contributed by atoms with Crippen LogP contribution >= 0.6 is 0 Å². The molecule has 0 saturated heterocycles. The Morgan fingerprint density at radius 1 is 1.20 bits per heavy atom. The molecule has 104 valence electrons. The van der Waals surface area contributed by atoms with Crippen LogP contribution in [0.25, 0.3) is 0 Å². The molecule has 0 aliphatic heterocycles. The molecule has 3 heteroatoms. The third kappa shape index (κ3) is 2.02. The van der Waals surface area contributed by atoms with Crippen LogP contribution < -0.4 is 5.73 Å². The van der Waals surface area contributed by atoms with Gasteiger partial charge in [0.05, 0.1) is 0 Å². The lowest BCUT2D eigenvalue weighted by molar-refractivity contribution is 0.641. The molecule has 2 N–H and O–H groups in total. The molecule has 2 atom stereocenters. The number of nitrogens with two attached hydrogens (primary N) is 1. The molecule has 2 aromatic rings. The maximum absolute atomic E-state index is 5.78. The smallest absolute Gasteiger partial charge is 0.136 e. The maximum Gasteiger partial charge on any atom is 0.136 e. The monoisotopic (exact) mass is 267 g/mol. The second-order valence-corrected chi connectivity index (χ2v) is 5.76. The van der Waals surface area contributed by atoms with Gasteiger partial charge in [-0.05, 0) is 49.4 Å². The van der Waals surface area contributed by atoms with Gasteiger partial charge in [0.1, 0.15) is 5.82 Å². The quantitative estimate of drug-likeness (QED) is 0.930. The molecule has 0 amide bonds. The molecule has 1 aromatic carbocycles. The summed E-state index contributed by atoms with van der Waals surface area (Å²) >= 11 is 0. The molecule has 0 spiro atoms. The third-order valence-corrected chi connectivity index (χ3v) is 4.36. The van der Waals surface area contributed by atoms with Gasteiger partial charge < -0.3 is 5.73 Å². The zero-order valence-corrected chi connectivity index (χ0v) is 12.4. The Bertz CT molecular complexity index is 625. The van der Waals surface area contributed by atoms with E-state index in [4.69, 9.17) is 15.7 Å². The standard InChI is InChI=1S/C17H21N3/c1-10(9-18)16-11(2)19-17(20-12(16)3)15-8-13-6-4-5-7-14(13)15/h4-7,10,15H,8-9,18H2,1-3H3. The van der Waals surface area contributed by atoms with E-state index in [1.54, 1.807) is 0 Å². The fourth-order valence-electron chi connectivity index (χ4n) is 3.23. The second kappa shape index (κ2) is 4.98. The summed E-state index contributed by atoms with van der Waals surface area (Å²) in [7, 11) is 0. The summed E-state index contributed by atoms with van der Waals surface area (Å²) in [5, 5.41) is 0. The van der Waals surface area contributed by atoms with E-state index in [1.807, 2.05) is 0 Å². The molecule has 0 bridgehead atoms. The number of hydrogen-bond acceptors (Lipinski definition) is 3. The first kappa shape index (κ1) is 13.3. The Balaban J connectivity index is 1.98. The van der Waals surface area contributed by atoms with Crippen LogP contribution in [0, 0.1) is 13.8 Å². The van der Waals surface area contributed by atoms with Crippen molar-refractivity contribution < 1.29 is 0 Å². The zero-order chi connectivity index (χ0) is 14.3. The fraction of sp³-hybridized carbons (Fsp3) is 0.412. The van der Waals surface area contributed by atoms with Gasteiger partial charge in [-0.1, -0.05) is 31.2 Å². The summed E-state index contributed by atoms with van der Waals surface area (Å²) in [5.41, 5.74) is 12.0. The number of aryl methyl sites for hydroxylation is 2. The first-order valence-electron chi connectivity index (χ1n) is 7.24. The van der Waals surface area contributed by atoms with E-state index in [-0.39, 0.29) is 0 Å². The summed E-state index contributed by atoms with van der Waals surface area (Å²) in [6, 6.07) is 8.57. The van der Waals surface area contributed by atoms with Gasteiger partial charge >= 0.3 is 0 Å². The predicted octanol–water partition coefficient (Wildman–Crippen LogP) is 2.84. The lowest BCUT2D eigenvalue weighted by Gasteiger charge is -2.29. The van der Waals surface area contributed by atoms with Gasteiger partial charge in [0, 0.05) is 17.3 Å². The van der Waals surface area contributed by atoms with Crippen LogP contribution in [0.5, 0.6) is 0 Å². The largest absolute Gasteiger partial charge is 0.330 e. The Kier molecular flexibility index (Phi) is 3.30. The van der Waals surface area contributed by atoms with Crippen molar-refractivity contribution in [1.29, 1.82) is 0 Å². The molecule has 20 heavy (non-hydrogen) atoms. The summed E-state index contributed by atoms with van der Waals surface area (Å²) < 4.78 is 0. The van der Waals surface area contributed by atoms with Gasteiger partial charge in [-0.15, -0.1) is 0 Å². The highest BCUT2D eigenvalue weighted by Gasteiger charge is 2.30.